The predicted molar refractivity (Wildman–Crippen MR) is 107 cm³/mol. The molecule has 0 amide bonds. The third-order valence-corrected chi connectivity index (χ3v) is 5.11. The molecule has 23 heavy (non-hydrogen) atoms. The second-order valence-corrected chi connectivity index (χ2v) is 6.74. The number of hydrogen-bond acceptors (Lipinski definition) is 2. The Balaban J connectivity index is 0.00000127. The highest BCUT2D eigenvalue weighted by atomic mass is 32.1. The summed E-state index contributed by atoms with van der Waals surface area (Å²) in [5.74, 6) is 2.61. The first kappa shape index (κ1) is 20.2. The molecule has 0 saturated carbocycles. The lowest BCUT2D eigenvalue weighted by molar-refractivity contribution is 0.266. The van der Waals surface area contributed by atoms with Crippen molar-refractivity contribution in [2.45, 2.75) is 60.3 Å². The van der Waals surface area contributed by atoms with Crippen LogP contribution < -0.4 is 15.2 Å². The van der Waals surface area contributed by atoms with Gasteiger partial charge in [-0.25, -0.2) is 0 Å². The fraction of sp³-hybridized carbons (Fsp3) is 0.619. The SMILES string of the molecule is CC.CCC(CC)C1(C)C=c2ccc(OCCCS)cc2=CC1. The van der Waals surface area contributed by atoms with Crippen molar-refractivity contribution >= 4 is 24.8 Å². The monoisotopic (exact) mass is 334 g/mol. The first-order valence-electron chi connectivity index (χ1n) is 9.19. The zero-order valence-electron chi connectivity index (χ0n) is 15.6. The van der Waals surface area contributed by atoms with Gasteiger partial charge in [0.15, 0.2) is 0 Å². The van der Waals surface area contributed by atoms with Crippen molar-refractivity contribution in [3.63, 3.8) is 0 Å². The lowest BCUT2D eigenvalue weighted by atomic mass is 9.70. The van der Waals surface area contributed by atoms with E-state index in [0.717, 1.165) is 36.9 Å². The number of benzene rings is 1. The first-order valence-corrected chi connectivity index (χ1v) is 9.83. The molecule has 0 aromatic heterocycles. The molecule has 0 N–H and O–H groups in total. The van der Waals surface area contributed by atoms with E-state index in [1.54, 1.807) is 0 Å². The highest BCUT2D eigenvalue weighted by Crippen LogP contribution is 2.38. The van der Waals surface area contributed by atoms with Gasteiger partial charge >= 0.3 is 0 Å². The van der Waals surface area contributed by atoms with Crippen molar-refractivity contribution in [2.75, 3.05) is 12.4 Å². The molecule has 1 aromatic carbocycles. The van der Waals surface area contributed by atoms with Crippen LogP contribution in [0.3, 0.4) is 0 Å². The van der Waals surface area contributed by atoms with E-state index in [4.69, 9.17) is 4.74 Å². The molecule has 2 rings (SSSR count). The summed E-state index contributed by atoms with van der Waals surface area (Å²) in [6.45, 7) is 11.8. The van der Waals surface area contributed by atoms with E-state index in [1.165, 1.54) is 23.3 Å². The standard InChI is InChI=1S/C19H28OS.C2H6/c1-4-17(5-2)19(3)10-9-15-13-18(20-11-6-12-21)8-7-16(15)14-19;1-2/h7-9,13-14,17,21H,4-6,10-12H2,1-3H3;1-2H3. The first-order chi connectivity index (χ1) is 11.1. The molecule has 1 atom stereocenters. The molecular weight excluding hydrogens is 300 g/mol. The van der Waals surface area contributed by atoms with Crippen molar-refractivity contribution < 1.29 is 4.74 Å². The largest absolute Gasteiger partial charge is 0.494 e. The molecule has 2 heteroatoms. The quantitative estimate of drug-likeness (QED) is 0.555. The van der Waals surface area contributed by atoms with Crippen molar-refractivity contribution in [3.05, 3.63) is 28.6 Å². The summed E-state index contributed by atoms with van der Waals surface area (Å²) >= 11 is 4.21. The van der Waals surface area contributed by atoms with Crippen LogP contribution in [0.15, 0.2) is 18.2 Å². The number of ether oxygens (including phenoxy) is 1. The summed E-state index contributed by atoms with van der Waals surface area (Å²) in [5, 5.41) is 2.68. The van der Waals surface area contributed by atoms with Crippen molar-refractivity contribution in [2.24, 2.45) is 11.3 Å². The second-order valence-electron chi connectivity index (χ2n) is 6.29. The van der Waals surface area contributed by atoms with Crippen molar-refractivity contribution in [1.29, 1.82) is 0 Å². The van der Waals surface area contributed by atoms with Crippen LogP contribution in [-0.4, -0.2) is 12.4 Å². The fourth-order valence-corrected chi connectivity index (χ4v) is 3.58. The van der Waals surface area contributed by atoms with E-state index in [-0.39, 0.29) is 0 Å². The number of thiol groups is 1. The molecule has 0 saturated heterocycles. The Labute approximate surface area is 148 Å². The molecule has 1 aliphatic rings. The van der Waals surface area contributed by atoms with Gasteiger partial charge < -0.3 is 4.74 Å². The summed E-state index contributed by atoms with van der Waals surface area (Å²) in [4.78, 5) is 0. The Bertz CT molecular complexity index is 574. The zero-order valence-corrected chi connectivity index (χ0v) is 16.5. The summed E-state index contributed by atoms with van der Waals surface area (Å²) in [6.07, 6.45) is 9.49. The third kappa shape index (κ3) is 5.31. The Morgan fingerprint density at radius 3 is 2.48 bits per heavy atom. The van der Waals surface area contributed by atoms with Crippen molar-refractivity contribution in [1.82, 2.24) is 0 Å². The van der Waals surface area contributed by atoms with Gasteiger partial charge in [-0.15, -0.1) is 0 Å². The van der Waals surface area contributed by atoms with Gasteiger partial charge in [-0.05, 0) is 52.5 Å². The highest BCUT2D eigenvalue weighted by molar-refractivity contribution is 7.80. The van der Waals surface area contributed by atoms with Crippen LogP contribution in [0.25, 0.3) is 12.2 Å². The number of hydrogen-bond donors (Lipinski definition) is 1. The Kier molecular flexibility index (Phi) is 8.83. The van der Waals surface area contributed by atoms with Crippen LogP contribution >= 0.6 is 12.6 Å². The fourth-order valence-electron chi connectivity index (χ4n) is 3.46. The molecule has 0 heterocycles. The molecule has 0 fully saturated rings. The van der Waals surface area contributed by atoms with Gasteiger partial charge in [0, 0.05) is 0 Å². The third-order valence-electron chi connectivity index (χ3n) is 4.79. The minimum Gasteiger partial charge on any atom is -0.494 e. The molecule has 0 bridgehead atoms. The smallest absolute Gasteiger partial charge is 0.119 e. The van der Waals surface area contributed by atoms with Crippen molar-refractivity contribution in [3.8, 4) is 5.75 Å². The van der Waals surface area contributed by atoms with E-state index in [2.05, 4.69) is 63.8 Å². The van der Waals surface area contributed by atoms with Crippen LogP contribution in [0.2, 0.25) is 0 Å². The van der Waals surface area contributed by atoms with E-state index in [1.807, 2.05) is 13.8 Å². The zero-order chi connectivity index (χ0) is 17.3. The van der Waals surface area contributed by atoms with Gasteiger partial charge in [0.1, 0.15) is 5.75 Å². The topological polar surface area (TPSA) is 9.23 Å². The molecule has 1 nitrogen and oxygen atoms in total. The van der Waals surface area contributed by atoms with Gasteiger partial charge in [0.2, 0.25) is 0 Å². The van der Waals surface area contributed by atoms with Gasteiger partial charge in [-0.2, -0.15) is 12.6 Å². The van der Waals surface area contributed by atoms with Gasteiger partial charge in [0.05, 0.1) is 6.61 Å². The van der Waals surface area contributed by atoms with Crippen LogP contribution in [0.1, 0.15) is 60.3 Å². The molecular formula is C21H34OS. The molecule has 0 spiro atoms. The van der Waals surface area contributed by atoms with Gasteiger partial charge in [0.25, 0.3) is 0 Å². The van der Waals surface area contributed by atoms with Crippen LogP contribution in [0, 0.1) is 11.3 Å². The molecule has 1 aromatic rings. The van der Waals surface area contributed by atoms with E-state index in [0.29, 0.717) is 5.41 Å². The van der Waals surface area contributed by atoms with Crippen LogP contribution in [0.5, 0.6) is 5.75 Å². The molecule has 130 valence electrons. The summed E-state index contributed by atoms with van der Waals surface area (Å²) in [7, 11) is 0. The Morgan fingerprint density at radius 1 is 1.17 bits per heavy atom. The number of rotatable bonds is 7. The van der Waals surface area contributed by atoms with E-state index >= 15 is 0 Å². The molecule has 0 radical (unpaired) electrons. The normalized spacial score (nSPS) is 19.1. The molecule has 1 aliphatic carbocycles. The molecule has 1 unspecified atom stereocenters. The average Bonchev–Trinajstić information content (AvgIpc) is 2.58. The summed E-state index contributed by atoms with van der Waals surface area (Å²) < 4.78 is 5.77. The van der Waals surface area contributed by atoms with E-state index < -0.39 is 0 Å². The van der Waals surface area contributed by atoms with Gasteiger partial charge in [-0.3, -0.25) is 0 Å². The predicted octanol–water partition coefficient (Wildman–Crippen LogP) is 4.82. The summed E-state index contributed by atoms with van der Waals surface area (Å²) in [5.41, 5.74) is 0.297. The summed E-state index contributed by atoms with van der Waals surface area (Å²) in [6, 6.07) is 6.48. The lowest BCUT2D eigenvalue weighted by Crippen LogP contribution is -2.36. The maximum atomic E-state index is 5.77. The Hall–Kier alpha value is -0.890. The average molecular weight is 335 g/mol. The second kappa shape index (κ2) is 10.1. The van der Waals surface area contributed by atoms with Crippen LogP contribution in [0.4, 0.5) is 0 Å². The molecule has 0 aliphatic heterocycles. The highest BCUT2D eigenvalue weighted by Gasteiger charge is 2.29. The lowest BCUT2D eigenvalue weighted by Gasteiger charge is -2.35. The van der Waals surface area contributed by atoms with Gasteiger partial charge in [-0.1, -0.05) is 65.7 Å². The minimum atomic E-state index is 0.297. The minimum absolute atomic E-state index is 0.297. The van der Waals surface area contributed by atoms with E-state index in [9.17, 15) is 0 Å². The Morgan fingerprint density at radius 2 is 1.87 bits per heavy atom. The maximum Gasteiger partial charge on any atom is 0.119 e. The maximum absolute atomic E-state index is 5.77. The van der Waals surface area contributed by atoms with Crippen LogP contribution in [-0.2, 0) is 0 Å². The number of fused-ring (bicyclic) bond motifs is 1.